The zero-order chi connectivity index (χ0) is 17.4. The maximum atomic E-state index is 14.4. The second-order valence-corrected chi connectivity index (χ2v) is 4.88. The molecule has 0 bridgehead atoms. The lowest BCUT2D eigenvalue weighted by Gasteiger charge is -2.10. The molecule has 1 N–H and O–H groups in total. The Balaban J connectivity index is 2.28. The lowest BCUT2D eigenvalue weighted by atomic mass is 10.1. The van der Waals surface area contributed by atoms with E-state index < -0.39 is 5.83 Å². The molecule has 0 saturated heterocycles. The lowest BCUT2D eigenvalue weighted by Crippen LogP contribution is -2.02. The van der Waals surface area contributed by atoms with Gasteiger partial charge >= 0.3 is 0 Å². The average Bonchev–Trinajstić information content (AvgIpc) is 2.58. The van der Waals surface area contributed by atoms with Crippen molar-refractivity contribution in [2.75, 3.05) is 27.8 Å². The van der Waals surface area contributed by atoms with Gasteiger partial charge in [0.05, 0.1) is 0 Å². The number of hydrogen-bond acceptors (Lipinski definition) is 5. The van der Waals surface area contributed by atoms with E-state index in [1.807, 2.05) is 0 Å². The van der Waals surface area contributed by atoms with Crippen molar-refractivity contribution in [1.82, 2.24) is 0 Å². The van der Waals surface area contributed by atoms with Crippen LogP contribution in [0, 0.1) is 0 Å². The van der Waals surface area contributed by atoms with Crippen molar-refractivity contribution >= 4 is 11.9 Å². The van der Waals surface area contributed by atoms with E-state index in [0.717, 1.165) is 0 Å². The monoisotopic (exact) mass is 334 g/mol. The van der Waals surface area contributed by atoms with Crippen LogP contribution < -0.4 is 9.47 Å². The number of ether oxygens (including phenoxy) is 4. The number of aromatic hydroxyl groups is 1. The fraction of sp³-hybridized carbons (Fsp3) is 0.222. The predicted octanol–water partition coefficient (Wildman–Crippen LogP) is 3.83. The highest BCUT2D eigenvalue weighted by Gasteiger charge is 2.06. The molecule has 0 spiro atoms. The fourth-order valence-electron chi connectivity index (χ4n) is 1.95. The molecule has 0 atom stereocenters. The van der Waals surface area contributed by atoms with Crippen LogP contribution in [0.4, 0.5) is 4.39 Å². The van der Waals surface area contributed by atoms with Crippen molar-refractivity contribution in [3.05, 3.63) is 53.6 Å². The highest BCUT2D eigenvalue weighted by Crippen LogP contribution is 2.27. The topological polar surface area (TPSA) is 57.2 Å². The van der Waals surface area contributed by atoms with Gasteiger partial charge < -0.3 is 24.1 Å². The molecule has 24 heavy (non-hydrogen) atoms. The number of halogens is 1. The number of hydrogen-bond donors (Lipinski definition) is 1. The summed E-state index contributed by atoms with van der Waals surface area (Å²) in [7, 11) is 3.02. The minimum Gasteiger partial charge on any atom is -0.508 e. The summed E-state index contributed by atoms with van der Waals surface area (Å²) in [5.74, 6) is 0.596. The maximum absolute atomic E-state index is 14.4. The van der Waals surface area contributed by atoms with E-state index in [2.05, 4.69) is 0 Å². The van der Waals surface area contributed by atoms with Gasteiger partial charge in [-0.05, 0) is 48.0 Å². The Kier molecular flexibility index (Phi) is 6.60. The molecule has 0 aromatic heterocycles. The molecule has 5 nitrogen and oxygen atoms in total. The summed E-state index contributed by atoms with van der Waals surface area (Å²) in [4.78, 5) is 0. The quantitative estimate of drug-likeness (QED) is 0.587. The van der Waals surface area contributed by atoms with E-state index in [-0.39, 0.29) is 19.3 Å². The minimum atomic E-state index is -0.448. The fourth-order valence-corrected chi connectivity index (χ4v) is 1.95. The Labute approximate surface area is 139 Å². The normalized spacial score (nSPS) is 11.4. The third-order valence-electron chi connectivity index (χ3n) is 3.03. The minimum absolute atomic E-state index is 0.0668. The summed E-state index contributed by atoms with van der Waals surface area (Å²) in [5.41, 5.74) is 0.913. The molecule has 0 radical (unpaired) electrons. The molecule has 0 saturated carbocycles. The van der Waals surface area contributed by atoms with Crippen molar-refractivity contribution in [2.24, 2.45) is 0 Å². The van der Waals surface area contributed by atoms with Crippen LogP contribution in [0.1, 0.15) is 11.1 Å². The van der Waals surface area contributed by atoms with Crippen LogP contribution in [0.3, 0.4) is 0 Å². The Morgan fingerprint density at radius 2 is 1.50 bits per heavy atom. The van der Waals surface area contributed by atoms with E-state index in [1.54, 1.807) is 18.2 Å². The number of phenols is 1. The lowest BCUT2D eigenvalue weighted by molar-refractivity contribution is 0.0460. The van der Waals surface area contributed by atoms with Gasteiger partial charge in [-0.25, -0.2) is 4.39 Å². The standard InChI is InChI=1S/C18H19FO5/c1-21-11-23-16-7-13(8-17(10-16)24-12-22-2)9-18(19)14-3-5-15(20)6-4-14/h3-10,20H,11-12H2,1-2H3/b18-9-. The van der Waals surface area contributed by atoms with Gasteiger partial charge in [0.1, 0.15) is 23.1 Å². The first-order chi connectivity index (χ1) is 11.6. The Bertz CT molecular complexity index is 656. The molecule has 0 fully saturated rings. The molecule has 2 aromatic carbocycles. The second-order valence-electron chi connectivity index (χ2n) is 4.88. The van der Waals surface area contributed by atoms with Crippen molar-refractivity contribution in [3.8, 4) is 17.2 Å². The SMILES string of the molecule is COCOc1cc(/C=C(\F)c2ccc(O)cc2)cc(OCOC)c1. The Morgan fingerprint density at radius 1 is 0.958 bits per heavy atom. The largest absolute Gasteiger partial charge is 0.508 e. The highest BCUT2D eigenvalue weighted by atomic mass is 19.1. The van der Waals surface area contributed by atoms with Crippen LogP contribution >= 0.6 is 0 Å². The smallest absolute Gasteiger partial charge is 0.188 e. The van der Waals surface area contributed by atoms with Gasteiger partial charge in [-0.15, -0.1) is 0 Å². The summed E-state index contributed by atoms with van der Waals surface area (Å²) in [6.07, 6.45) is 1.35. The van der Waals surface area contributed by atoms with Gasteiger partial charge in [-0.2, -0.15) is 0 Å². The van der Waals surface area contributed by atoms with Gasteiger partial charge in [0, 0.05) is 25.8 Å². The van der Waals surface area contributed by atoms with Gasteiger partial charge in [0.15, 0.2) is 13.6 Å². The average molecular weight is 334 g/mol. The third kappa shape index (κ3) is 5.26. The molecule has 2 rings (SSSR count). The van der Waals surface area contributed by atoms with Crippen molar-refractivity contribution in [2.45, 2.75) is 0 Å². The maximum Gasteiger partial charge on any atom is 0.188 e. The number of methoxy groups -OCH3 is 2. The molecule has 6 heteroatoms. The molecule has 0 aliphatic carbocycles. The van der Waals surface area contributed by atoms with E-state index >= 15 is 0 Å². The molecule has 0 aliphatic rings. The molecular formula is C18H19FO5. The summed E-state index contributed by atoms with van der Waals surface area (Å²) >= 11 is 0. The molecule has 0 amide bonds. The van der Waals surface area contributed by atoms with Gasteiger partial charge in [-0.1, -0.05) is 0 Å². The van der Waals surface area contributed by atoms with E-state index in [9.17, 15) is 9.50 Å². The van der Waals surface area contributed by atoms with Crippen molar-refractivity contribution < 1.29 is 28.4 Å². The van der Waals surface area contributed by atoms with Crippen LogP contribution in [-0.2, 0) is 9.47 Å². The van der Waals surface area contributed by atoms with Gasteiger partial charge in [0.25, 0.3) is 0 Å². The molecule has 128 valence electrons. The van der Waals surface area contributed by atoms with Gasteiger partial charge in [0.2, 0.25) is 0 Å². The van der Waals surface area contributed by atoms with E-state index in [1.165, 1.54) is 44.6 Å². The summed E-state index contributed by atoms with van der Waals surface area (Å²) < 4.78 is 34.9. The molecule has 2 aromatic rings. The molecule has 0 heterocycles. The predicted molar refractivity (Wildman–Crippen MR) is 88.5 cm³/mol. The Morgan fingerprint density at radius 3 is 2.00 bits per heavy atom. The zero-order valence-corrected chi connectivity index (χ0v) is 13.5. The van der Waals surface area contributed by atoms with Crippen molar-refractivity contribution in [3.63, 3.8) is 0 Å². The molecular weight excluding hydrogens is 315 g/mol. The van der Waals surface area contributed by atoms with Crippen LogP contribution in [0.2, 0.25) is 0 Å². The van der Waals surface area contributed by atoms with Gasteiger partial charge in [-0.3, -0.25) is 0 Å². The highest BCUT2D eigenvalue weighted by molar-refractivity contribution is 5.77. The first-order valence-electron chi connectivity index (χ1n) is 7.17. The first kappa shape index (κ1) is 17.8. The van der Waals surface area contributed by atoms with Crippen LogP contribution in [0.5, 0.6) is 17.2 Å². The molecule has 0 unspecified atom stereocenters. The van der Waals surface area contributed by atoms with E-state index in [0.29, 0.717) is 22.6 Å². The van der Waals surface area contributed by atoms with Crippen molar-refractivity contribution in [1.29, 1.82) is 0 Å². The Hall–Kier alpha value is -2.57. The zero-order valence-electron chi connectivity index (χ0n) is 13.5. The second kappa shape index (κ2) is 8.90. The summed E-state index contributed by atoms with van der Waals surface area (Å²) in [6.45, 7) is 0.134. The number of phenolic OH excluding ortho intramolecular Hbond substituents is 1. The molecule has 0 aliphatic heterocycles. The third-order valence-corrected chi connectivity index (χ3v) is 3.03. The van der Waals surface area contributed by atoms with Crippen LogP contribution in [-0.4, -0.2) is 32.9 Å². The summed E-state index contributed by atoms with van der Waals surface area (Å²) in [6, 6.07) is 10.8. The van der Waals surface area contributed by atoms with Crippen LogP contribution in [0.15, 0.2) is 42.5 Å². The first-order valence-corrected chi connectivity index (χ1v) is 7.17. The summed E-state index contributed by atoms with van der Waals surface area (Å²) in [5, 5.41) is 9.27. The number of benzene rings is 2. The number of rotatable bonds is 8. The van der Waals surface area contributed by atoms with E-state index in [4.69, 9.17) is 18.9 Å². The van der Waals surface area contributed by atoms with Crippen LogP contribution in [0.25, 0.3) is 11.9 Å².